The summed E-state index contributed by atoms with van der Waals surface area (Å²) in [4.78, 5) is 8.32. The van der Waals surface area contributed by atoms with Crippen LogP contribution in [0.2, 0.25) is 0 Å². The van der Waals surface area contributed by atoms with Gasteiger partial charge in [-0.2, -0.15) is 8.78 Å². The molecule has 0 aliphatic carbocycles. The molecule has 8 nitrogen and oxygen atoms in total. The van der Waals surface area contributed by atoms with Gasteiger partial charge < -0.3 is 9.73 Å². The van der Waals surface area contributed by atoms with Crippen LogP contribution < -0.4 is 5.32 Å². The van der Waals surface area contributed by atoms with Gasteiger partial charge >= 0.3 is 5.92 Å². The zero-order valence-electron chi connectivity index (χ0n) is 18.3. The van der Waals surface area contributed by atoms with Gasteiger partial charge in [0.05, 0.1) is 24.3 Å². The van der Waals surface area contributed by atoms with Crippen LogP contribution in [0.4, 0.5) is 14.5 Å². The average Bonchev–Trinajstić information content (AvgIpc) is 3.49. The Kier molecular flexibility index (Phi) is 11.5. The monoisotopic (exact) mass is 577 g/mol. The number of rotatable bonds is 7. The molecule has 3 aromatic heterocycles. The number of oxazole rings is 1. The van der Waals surface area contributed by atoms with Crippen LogP contribution in [0.1, 0.15) is 17.1 Å². The standard InChI is InChI=1S/C22H17F2N7O.4ClH/c23-22(24,19-10-3-4-11-25-19)13-26-16-7-5-9-18-21(16)28-20(32-18)12-15-6-1-2-8-17(15)31-14-27-29-30-31;;;;/h1-11,14,26H,12-13H2;4*1H. The number of pyridine rings is 1. The first-order valence-electron chi connectivity index (χ1n) is 9.83. The Morgan fingerprint density at radius 2 is 1.69 bits per heavy atom. The molecule has 0 saturated carbocycles. The van der Waals surface area contributed by atoms with Crippen molar-refractivity contribution >= 4 is 66.4 Å². The molecule has 0 atom stereocenters. The van der Waals surface area contributed by atoms with Gasteiger partial charge in [-0.1, -0.05) is 30.3 Å². The van der Waals surface area contributed by atoms with Gasteiger partial charge in [0, 0.05) is 6.20 Å². The van der Waals surface area contributed by atoms with Crippen molar-refractivity contribution in [1.82, 2.24) is 30.2 Å². The van der Waals surface area contributed by atoms with Gasteiger partial charge in [0.25, 0.3) is 0 Å². The minimum atomic E-state index is -3.14. The summed E-state index contributed by atoms with van der Waals surface area (Å²) >= 11 is 0. The lowest BCUT2D eigenvalue weighted by molar-refractivity contribution is 0.00602. The summed E-state index contributed by atoms with van der Waals surface area (Å²) in [6, 6.07) is 17.2. The number of aromatic nitrogens is 6. The number of fused-ring (bicyclic) bond motifs is 1. The van der Waals surface area contributed by atoms with Gasteiger partial charge in [-0.05, 0) is 46.3 Å². The predicted molar refractivity (Wildman–Crippen MR) is 142 cm³/mol. The van der Waals surface area contributed by atoms with E-state index in [1.807, 2.05) is 24.3 Å². The van der Waals surface area contributed by atoms with Crippen molar-refractivity contribution in [3.63, 3.8) is 0 Å². The van der Waals surface area contributed by atoms with Crippen molar-refractivity contribution in [3.05, 3.63) is 90.3 Å². The average molecular weight is 579 g/mol. The molecule has 0 bridgehead atoms. The van der Waals surface area contributed by atoms with E-state index >= 15 is 0 Å². The van der Waals surface area contributed by atoms with Crippen molar-refractivity contribution < 1.29 is 13.2 Å². The molecule has 0 unspecified atom stereocenters. The number of tetrazole rings is 1. The lowest BCUT2D eigenvalue weighted by Crippen LogP contribution is -2.25. The van der Waals surface area contributed by atoms with Gasteiger partial charge in [0.15, 0.2) is 11.5 Å². The van der Waals surface area contributed by atoms with Crippen LogP contribution in [0.3, 0.4) is 0 Å². The zero-order valence-corrected chi connectivity index (χ0v) is 21.6. The summed E-state index contributed by atoms with van der Waals surface area (Å²) in [5.41, 5.74) is 2.86. The highest BCUT2D eigenvalue weighted by atomic mass is 35.5. The largest absolute Gasteiger partial charge is 0.440 e. The predicted octanol–water partition coefficient (Wildman–Crippen LogP) is 5.68. The Morgan fingerprint density at radius 3 is 2.42 bits per heavy atom. The normalized spacial score (nSPS) is 10.4. The molecule has 192 valence electrons. The van der Waals surface area contributed by atoms with Crippen LogP contribution >= 0.6 is 49.6 Å². The third-order valence-corrected chi connectivity index (χ3v) is 4.93. The molecule has 1 N–H and O–H groups in total. The highest BCUT2D eigenvalue weighted by molar-refractivity contribution is 5.87. The first kappa shape index (κ1) is 31.0. The molecule has 0 aliphatic rings. The van der Waals surface area contributed by atoms with Crippen LogP contribution in [0.5, 0.6) is 0 Å². The minimum Gasteiger partial charge on any atom is -0.440 e. The van der Waals surface area contributed by atoms with E-state index in [1.54, 1.807) is 28.9 Å². The molecule has 0 aliphatic heterocycles. The summed E-state index contributed by atoms with van der Waals surface area (Å²) in [5.74, 6) is -2.69. The Labute approximate surface area is 229 Å². The number of nitrogens with one attached hydrogen (secondary N) is 1. The van der Waals surface area contributed by atoms with Gasteiger partial charge in [-0.25, -0.2) is 9.67 Å². The number of alkyl halides is 2. The highest BCUT2D eigenvalue weighted by Gasteiger charge is 2.33. The van der Waals surface area contributed by atoms with Crippen LogP contribution in [0.15, 0.2) is 77.6 Å². The van der Waals surface area contributed by atoms with Crippen molar-refractivity contribution in [3.8, 4) is 5.69 Å². The highest BCUT2D eigenvalue weighted by Crippen LogP contribution is 2.30. The first-order chi connectivity index (χ1) is 15.6. The number of benzene rings is 2. The van der Waals surface area contributed by atoms with Crippen molar-refractivity contribution in [2.24, 2.45) is 0 Å². The van der Waals surface area contributed by atoms with Crippen molar-refractivity contribution in [2.75, 3.05) is 11.9 Å². The van der Waals surface area contributed by atoms with Crippen molar-refractivity contribution in [1.29, 1.82) is 0 Å². The summed E-state index contributed by atoms with van der Waals surface area (Å²) in [6.07, 6.45) is 3.24. The molecule has 0 fully saturated rings. The summed E-state index contributed by atoms with van der Waals surface area (Å²) in [6.45, 7) is -0.618. The second-order valence-corrected chi connectivity index (χ2v) is 7.09. The Morgan fingerprint density at radius 1 is 0.917 bits per heavy atom. The number of hydrogen-bond acceptors (Lipinski definition) is 7. The van der Waals surface area contributed by atoms with Gasteiger partial charge in [-0.3, -0.25) is 4.98 Å². The van der Waals surface area contributed by atoms with E-state index in [-0.39, 0.29) is 55.3 Å². The molecule has 36 heavy (non-hydrogen) atoms. The Bertz CT molecular complexity index is 1360. The van der Waals surface area contributed by atoms with Crippen LogP contribution in [-0.2, 0) is 12.3 Å². The SMILES string of the molecule is Cl.Cl.Cl.Cl.FC(F)(CNc1cccc2oc(Cc3ccccc3-n3cnnn3)nc12)c1ccccn1. The van der Waals surface area contributed by atoms with Gasteiger partial charge in [0.1, 0.15) is 17.5 Å². The van der Waals surface area contributed by atoms with E-state index in [1.165, 1.54) is 24.7 Å². The lowest BCUT2D eigenvalue weighted by atomic mass is 10.1. The van der Waals surface area contributed by atoms with E-state index in [4.69, 9.17) is 4.42 Å². The molecular formula is C22H21Cl4F2N7O. The van der Waals surface area contributed by atoms with E-state index in [0.29, 0.717) is 29.1 Å². The van der Waals surface area contributed by atoms with Crippen LogP contribution in [0, 0.1) is 0 Å². The molecular weight excluding hydrogens is 558 g/mol. The summed E-state index contributed by atoms with van der Waals surface area (Å²) in [7, 11) is 0. The Balaban J connectivity index is 0.00000162. The maximum absolute atomic E-state index is 14.5. The second kappa shape index (κ2) is 13.3. The number of nitrogens with zero attached hydrogens (tertiary/aromatic N) is 6. The van der Waals surface area contributed by atoms with E-state index < -0.39 is 12.5 Å². The second-order valence-electron chi connectivity index (χ2n) is 7.09. The summed E-state index contributed by atoms with van der Waals surface area (Å²) in [5, 5.41) is 14.1. The van der Waals surface area contributed by atoms with E-state index in [9.17, 15) is 8.78 Å². The molecule has 0 radical (unpaired) electrons. The lowest BCUT2D eigenvalue weighted by Gasteiger charge is -2.17. The van der Waals surface area contributed by atoms with E-state index in [0.717, 1.165) is 11.3 Å². The molecule has 5 rings (SSSR count). The summed E-state index contributed by atoms with van der Waals surface area (Å²) < 4.78 is 36.5. The fourth-order valence-electron chi connectivity index (χ4n) is 3.41. The van der Waals surface area contributed by atoms with Crippen LogP contribution in [-0.4, -0.2) is 36.7 Å². The number of para-hydroxylation sites is 2. The molecule has 2 aromatic carbocycles. The number of anilines is 1. The van der Waals surface area contributed by atoms with E-state index in [2.05, 4.69) is 30.8 Å². The molecule has 3 heterocycles. The number of hydrogen-bond donors (Lipinski definition) is 1. The minimum absolute atomic E-state index is 0. The quantitative estimate of drug-likeness (QED) is 0.265. The third kappa shape index (κ3) is 6.58. The smallest absolute Gasteiger partial charge is 0.306 e. The zero-order chi connectivity index (χ0) is 22.0. The fraction of sp³-hybridized carbons (Fsp3) is 0.136. The van der Waals surface area contributed by atoms with Crippen LogP contribution in [0.25, 0.3) is 16.8 Å². The van der Waals surface area contributed by atoms with Gasteiger partial charge in [0.2, 0.25) is 0 Å². The van der Waals surface area contributed by atoms with Crippen molar-refractivity contribution in [2.45, 2.75) is 12.3 Å². The maximum atomic E-state index is 14.5. The van der Waals surface area contributed by atoms with Gasteiger partial charge in [-0.15, -0.1) is 54.7 Å². The Hall–Kier alpha value is -3.05. The molecule has 14 heteroatoms. The maximum Gasteiger partial charge on any atom is 0.306 e. The first-order valence-corrected chi connectivity index (χ1v) is 9.83. The molecule has 0 saturated heterocycles. The molecule has 5 aromatic rings. The molecule has 0 amide bonds. The fourth-order valence-corrected chi connectivity index (χ4v) is 3.41. The molecule has 0 spiro atoms. The topological polar surface area (TPSA) is 94.6 Å². The third-order valence-electron chi connectivity index (χ3n) is 4.93. The number of halogens is 6.